The van der Waals surface area contributed by atoms with Gasteiger partial charge in [0.05, 0.1) is 30.9 Å². The summed E-state index contributed by atoms with van der Waals surface area (Å²) in [6.45, 7) is 0.0467. The van der Waals surface area contributed by atoms with E-state index in [-0.39, 0.29) is 19.1 Å². The number of hydrogen-bond acceptors (Lipinski definition) is 5. The van der Waals surface area contributed by atoms with Gasteiger partial charge in [-0.3, -0.25) is 4.79 Å². The molecule has 0 bridgehead atoms. The highest BCUT2D eigenvalue weighted by atomic mass is 16.3. The Morgan fingerprint density at radius 3 is 2.35 bits per heavy atom. The standard InChI is InChI=1S/C14H26N2O4/c17-8-11-14(20)13(19)10(16-11)7-15-12(18)6-9-4-2-1-3-5-9/h9-11,13-14,16-17,19-20H,1-8H2,(H,15,18)/t10-,11-,13-,14+/m1/s1. The molecule has 1 saturated heterocycles. The van der Waals surface area contributed by atoms with Crippen molar-refractivity contribution in [2.24, 2.45) is 5.92 Å². The summed E-state index contributed by atoms with van der Waals surface area (Å²) in [7, 11) is 0. The van der Waals surface area contributed by atoms with Gasteiger partial charge in [0, 0.05) is 13.0 Å². The lowest BCUT2D eigenvalue weighted by Gasteiger charge is -2.22. The summed E-state index contributed by atoms with van der Waals surface area (Å²) in [5, 5.41) is 34.3. The van der Waals surface area contributed by atoms with Crippen LogP contribution in [0.3, 0.4) is 0 Å². The van der Waals surface area contributed by atoms with Crippen LogP contribution < -0.4 is 10.6 Å². The molecule has 0 radical (unpaired) electrons. The van der Waals surface area contributed by atoms with Crippen LogP contribution in [0.1, 0.15) is 38.5 Å². The number of carbonyl (C=O) groups excluding carboxylic acids is 1. The molecule has 1 aliphatic carbocycles. The molecular formula is C14H26N2O4. The van der Waals surface area contributed by atoms with Crippen LogP contribution in [-0.4, -0.2) is 58.7 Å². The average Bonchev–Trinajstić information content (AvgIpc) is 2.73. The van der Waals surface area contributed by atoms with Crippen LogP contribution in [-0.2, 0) is 4.79 Å². The van der Waals surface area contributed by atoms with Crippen LogP contribution in [0.25, 0.3) is 0 Å². The van der Waals surface area contributed by atoms with Crippen molar-refractivity contribution in [2.75, 3.05) is 13.2 Å². The Morgan fingerprint density at radius 2 is 1.75 bits per heavy atom. The van der Waals surface area contributed by atoms with Crippen LogP contribution in [0.15, 0.2) is 0 Å². The second-order valence-corrected chi connectivity index (χ2v) is 6.06. The summed E-state index contributed by atoms with van der Waals surface area (Å²) in [6.07, 6.45) is 4.57. The Labute approximate surface area is 119 Å². The Morgan fingerprint density at radius 1 is 1.10 bits per heavy atom. The van der Waals surface area contributed by atoms with Crippen molar-refractivity contribution in [2.45, 2.75) is 62.8 Å². The number of nitrogens with one attached hydrogen (secondary N) is 2. The minimum absolute atomic E-state index is 0.00726. The maximum absolute atomic E-state index is 11.9. The third-order valence-corrected chi connectivity index (χ3v) is 4.52. The first kappa shape index (κ1) is 15.7. The summed E-state index contributed by atoms with van der Waals surface area (Å²) in [4.78, 5) is 11.9. The van der Waals surface area contributed by atoms with Crippen molar-refractivity contribution in [3.05, 3.63) is 0 Å². The minimum atomic E-state index is -0.986. The van der Waals surface area contributed by atoms with Gasteiger partial charge in [0.15, 0.2) is 0 Å². The number of carbonyl (C=O) groups is 1. The highest BCUT2D eigenvalue weighted by Crippen LogP contribution is 2.26. The molecule has 116 valence electrons. The van der Waals surface area contributed by atoms with Crippen molar-refractivity contribution >= 4 is 5.91 Å². The lowest BCUT2D eigenvalue weighted by Crippen LogP contribution is -2.44. The predicted molar refractivity (Wildman–Crippen MR) is 74.0 cm³/mol. The Kier molecular flexibility index (Phi) is 5.77. The van der Waals surface area contributed by atoms with Gasteiger partial charge in [0.2, 0.25) is 5.91 Å². The maximum Gasteiger partial charge on any atom is 0.220 e. The van der Waals surface area contributed by atoms with Crippen molar-refractivity contribution in [3.63, 3.8) is 0 Å². The van der Waals surface area contributed by atoms with E-state index < -0.39 is 24.3 Å². The monoisotopic (exact) mass is 286 g/mol. The average molecular weight is 286 g/mol. The lowest BCUT2D eigenvalue weighted by molar-refractivity contribution is -0.122. The Balaban J connectivity index is 1.70. The molecule has 2 fully saturated rings. The summed E-state index contributed by atoms with van der Waals surface area (Å²) in [6, 6.07) is -0.928. The molecule has 20 heavy (non-hydrogen) atoms. The summed E-state index contributed by atoms with van der Waals surface area (Å²) < 4.78 is 0. The van der Waals surface area contributed by atoms with Crippen LogP contribution in [0.2, 0.25) is 0 Å². The zero-order valence-electron chi connectivity index (χ0n) is 11.8. The van der Waals surface area contributed by atoms with Gasteiger partial charge < -0.3 is 26.0 Å². The summed E-state index contributed by atoms with van der Waals surface area (Å²) in [5.74, 6) is 0.494. The molecule has 1 heterocycles. The fraction of sp³-hybridized carbons (Fsp3) is 0.929. The normalized spacial score (nSPS) is 35.1. The predicted octanol–water partition coefficient (Wildman–Crippen LogP) is -0.872. The fourth-order valence-electron chi connectivity index (χ4n) is 3.24. The summed E-state index contributed by atoms with van der Waals surface area (Å²) >= 11 is 0. The highest BCUT2D eigenvalue weighted by Gasteiger charge is 2.40. The molecule has 0 spiro atoms. The van der Waals surface area contributed by atoms with E-state index in [1.165, 1.54) is 19.3 Å². The molecule has 1 amide bonds. The van der Waals surface area contributed by atoms with Crippen molar-refractivity contribution in [3.8, 4) is 0 Å². The number of hydrogen-bond donors (Lipinski definition) is 5. The smallest absolute Gasteiger partial charge is 0.220 e. The van der Waals surface area contributed by atoms with Gasteiger partial charge in [0.1, 0.15) is 0 Å². The quantitative estimate of drug-likeness (QED) is 0.452. The van der Waals surface area contributed by atoms with Crippen LogP contribution in [0.4, 0.5) is 0 Å². The van der Waals surface area contributed by atoms with Gasteiger partial charge in [-0.1, -0.05) is 19.3 Å². The number of aliphatic hydroxyl groups is 3. The van der Waals surface area contributed by atoms with E-state index in [2.05, 4.69) is 10.6 Å². The molecule has 6 nitrogen and oxygen atoms in total. The third kappa shape index (κ3) is 3.91. The van der Waals surface area contributed by atoms with Gasteiger partial charge in [-0.05, 0) is 18.8 Å². The molecule has 6 heteroatoms. The van der Waals surface area contributed by atoms with E-state index in [9.17, 15) is 15.0 Å². The van der Waals surface area contributed by atoms with Gasteiger partial charge in [-0.2, -0.15) is 0 Å². The van der Waals surface area contributed by atoms with Gasteiger partial charge in [-0.15, -0.1) is 0 Å². The van der Waals surface area contributed by atoms with Crippen molar-refractivity contribution < 1.29 is 20.1 Å². The molecule has 0 unspecified atom stereocenters. The molecule has 5 N–H and O–H groups in total. The molecule has 0 aromatic heterocycles. The zero-order valence-corrected chi connectivity index (χ0v) is 11.8. The van der Waals surface area contributed by atoms with Crippen LogP contribution in [0.5, 0.6) is 0 Å². The van der Waals surface area contributed by atoms with E-state index in [4.69, 9.17) is 5.11 Å². The van der Waals surface area contributed by atoms with E-state index in [1.807, 2.05) is 0 Å². The van der Waals surface area contributed by atoms with Gasteiger partial charge >= 0.3 is 0 Å². The molecule has 0 aromatic rings. The number of aliphatic hydroxyl groups excluding tert-OH is 3. The molecule has 1 aliphatic heterocycles. The SMILES string of the molecule is O=C(CC1CCCCC1)NC[C@H]1N[C@H](CO)[C@H](O)[C@@H]1O. The molecule has 1 saturated carbocycles. The number of amides is 1. The fourth-order valence-corrected chi connectivity index (χ4v) is 3.24. The maximum atomic E-state index is 11.9. The lowest BCUT2D eigenvalue weighted by atomic mass is 9.87. The van der Waals surface area contributed by atoms with E-state index in [0.29, 0.717) is 12.3 Å². The first-order chi connectivity index (χ1) is 9.61. The minimum Gasteiger partial charge on any atom is -0.395 e. The second-order valence-electron chi connectivity index (χ2n) is 6.06. The molecular weight excluding hydrogens is 260 g/mol. The van der Waals surface area contributed by atoms with E-state index in [1.54, 1.807) is 0 Å². The van der Waals surface area contributed by atoms with Gasteiger partial charge in [0.25, 0.3) is 0 Å². The van der Waals surface area contributed by atoms with E-state index >= 15 is 0 Å². The topological polar surface area (TPSA) is 102 Å². The first-order valence-electron chi connectivity index (χ1n) is 7.61. The second kappa shape index (κ2) is 7.36. The molecule has 2 aliphatic rings. The highest BCUT2D eigenvalue weighted by molar-refractivity contribution is 5.76. The first-order valence-corrected chi connectivity index (χ1v) is 7.61. The van der Waals surface area contributed by atoms with E-state index in [0.717, 1.165) is 12.8 Å². The zero-order chi connectivity index (χ0) is 14.5. The van der Waals surface area contributed by atoms with Gasteiger partial charge in [-0.25, -0.2) is 0 Å². The van der Waals surface area contributed by atoms with Crippen LogP contribution in [0, 0.1) is 5.92 Å². The molecule has 2 rings (SSSR count). The third-order valence-electron chi connectivity index (χ3n) is 4.52. The van der Waals surface area contributed by atoms with Crippen molar-refractivity contribution in [1.82, 2.24) is 10.6 Å². The largest absolute Gasteiger partial charge is 0.395 e. The number of rotatable bonds is 5. The Bertz CT molecular complexity index is 320. The van der Waals surface area contributed by atoms with Crippen molar-refractivity contribution in [1.29, 1.82) is 0 Å². The summed E-state index contributed by atoms with van der Waals surface area (Å²) in [5.41, 5.74) is 0. The molecule has 0 aromatic carbocycles. The molecule has 4 atom stereocenters. The Hall–Kier alpha value is -0.690. The van der Waals surface area contributed by atoms with Crippen LogP contribution >= 0.6 is 0 Å².